The van der Waals surface area contributed by atoms with Gasteiger partial charge < -0.3 is 0 Å². The first-order valence-electron chi connectivity index (χ1n) is 5.75. The minimum absolute atomic E-state index is 0.750. The zero-order chi connectivity index (χ0) is 11.7. The van der Waals surface area contributed by atoms with Crippen LogP contribution in [0.25, 0.3) is 0 Å². The van der Waals surface area contributed by atoms with Gasteiger partial charge in [-0.05, 0) is 40.2 Å². The van der Waals surface area contributed by atoms with E-state index in [9.17, 15) is 0 Å². The maximum Gasteiger partial charge on any atom is 0.0934 e. The molecule has 2 aromatic heterocycles. The lowest BCUT2D eigenvalue weighted by atomic mass is 10.4. The molecule has 0 spiro atoms. The summed E-state index contributed by atoms with van der Waals surface area (Å²) in [4.78, 5) is 3.94. The quantitative estimate of drug-likeness (QED) is 0.844. The Balaban J connectivity index is 1.68. The van der Waals surface area contributed by atoms with Crippen LogP contribution in [0.3, 0.4) is 0 Å². The third kappa shape index (κ3) is 2.97. The lowest BCUT2D eigenvalue weighted by Gasteiger charge is -2.21. The van der Waals surface area contributed by atoms with E-state index in [4.69, 9.17) is 0 Å². The number of rotatable bonds is 5. The molecule has 3 nitrogen and oxygen atoms in total. The van der Waals surface area contributed by atoms with Gasteiger partial charge in [0.05, 0.1) is 17.3 Å². The number of hydrogen-bond acceptors (Lipinski definition) is 3. The van der Waals surface area contributed by atoms with Gasteiger partial charge in [-0.1, -0.05) is 6.07 Å². The van der Waals surface area contributed by atoms with Gasteiger partial charge in [0.1, 0.15) is 0 Å². The molecule has 0 saturated heterocycles. The van der Waals surface area contributed by atoms with Crippen molar-refractivity contribution < 1.29 is 0 Å². The summed E-state index contributed by atoms with van der Waals surface area (Å²) in [5.41, 5.74) is 0. The van der Waals surface area contributed by atoms with Crippen LogP contribution in [0.15, 0.2) is 34.4 Å². The Hall–Kier alpha value is -0.650. The normalized spacial score (nSPS) is 15.6. The Labute approximate surface area is 113 Å². The van der Waals surface area contributed by atoms with Gasteiger partial charge in [-0.2, -0.15) is 5.10 Å². The number of nitrogens with zero attached hydrogens (tertiary/aromatic N) is 3. The molecule has 0 bridgehead atoms. The summed E-state index contributed by atoms with van der Waals surface area (Å²) in [7, 11) is 0. The number of aromatic nitrogens is 2. The summed E-state index contributed by atoms with van der Waals surface area (Å²) >= 11 is 5.27. The van der Waals surface area contributed by atoms with Crippen molar-refractivity contribution in [2.45, 2.75) is 32.1 Å². The molecule has 17 heavy (non-hydrogen) atoms. The molecule has 0 N–H and O–H groups in total. The van der Waals surface area contributed by atoms with Gasteiger partial charge in [0, 0.05) is 23.7 Å². The van der Waals surface area contributed by atoms with Crippen LogP contribution in [-0.2, 0) is 13.2 Å². The highest BCUT2D eigenvalue weighted by Crippen LogP contribution is 2.29. The highest BCUT2D eigenvalue weighted by molar-refractivity contribution is 9.10. The summed E-state index contributed by atoms with van der Waals surface area (Å²) in [6.07, 6.45) is 6.53. The standard InChI is InChI=1S/C12H14BrN3S/c13-10-6-14-16(7-10)9-15(11-3-4-11)8-12-2-1-5-17-12/h1-2,5-7,11H,3-4,8-9H2. The SMILES string of the molecule is Brc1cnn(CN(Cc2cccs2)C2CC2)c1. The maximum absolute atomic E-state index is 4.33. The van der Waals surface area contributed by atoms with Gasteiger partial charge in [-0.25, -0.2) is 0 Å². The molecular weight excluding hydrogens is 298 g/mol. The minimum atomic E-state index is 0.750. The maximum atomic E-state index is 4.33. The molecule has 2 aromatic rings. The zero-order valence-corrected chi connectivity index (χ0v) is 11.8. The predicted molar refractivity (Wildman–Crippen MR) is 72.8 cm³/mol. The lowest BCUT2D eigenvalue weighted by Crippen LogP contribution is -2.28. The van der Waals surface area contributed by atoms with Crippen LogP contribution in [0.5, 0.6) is 0 Å². The second kappa shape index (κ2) is 4.92. The van der Waals surface area contributed by atoms with Crippen molar-refractivity contribution in [3.8, 4) is 0 Å². The molecule has 1 aliphatic carbocycles. The average Bonchev–Trinajstić information content (AvgIpc) is 2.89. The van der Waals surface area contributed by atoms with Crippen LogP contribution in [-0.4, -0.2) is 20.7 Å². The van der Waals surface area contributed by atoms with Crippen molar-refractivity contribution in [3.05, 3.63) is 39.3 Å². The van der Waals surface area contributed by atoms with Crippen LogP contribution in [0, 0.1) is 0 Å². The fourth-order valence-electron chi connectivity index (χ4n) is 1.94. The Kier molecular flexibility index (Phi) is 3.31. The van der Waals surface area contributed by atoms with E-state index in [0.717, 1.165) is 23.7 Å². The van der Waals surface area contributed by atoms with Gasteiger partial charge in [0.25, 0.3) is 0 Å². The molecular formula is C12H14BrN3S. The molecule has 0 amide bonds. The smallest absolute Gasteiger partial charge is 0.0934 e. The topological polar surface area (TPSA) is 21.1 Å². The van der Waals surface area contributed by atoms with Gasteiger partial charge in [-0.15, -0.1) is 11.3 Å². The van der Waals surface area contributed by atoms with Gasteiger partial charge in [0.2, 0.25) is 0 Å². The summed E-state index contributed by atoms with van der Waals surface area (Å²) < 4.78 is 3.04. The van der Waals surface area contributed by atoms with E-state index in [2.05, 4.69) is 43.4 Å². The molecule has 3 rings (SSSR count). The van der Waals surface area contributed by atoms with Crippen molar-refractivity contribution in [3.63, 3.8) is 0 Å². The predicted octanol–water partition coefficient (Wildman–Crippen LogP) is 3.33. The fraction of sp³-hybridized carbons (Fsp3) is 0.417. The molecule has 0 radical (unpaired) electrons. The molecule has 5 heteroatoms. The van der Waals surface area contributed by atoms with Gasteiger partial charge in [-0.3, -0.25) is 9.58 Å². The molecule has 90 valence electrons. The molecule has 2 heterocycles. The second-order valence-electron chi connectivity index (χ2n) is 4.40. The van der Waals surface area contributed by atoms with E-state index in [1.165, 1.54) is 17.7 Å². The third-order valence-electron chi connectivity index (χ3n) is 2.93. The van der Waals surface area contributed by atoms with Crippen LogP contribution in [0.2, 0.25) is 0 Å². The average molecular weight is 312 g/mol. The molecule has 0 aliphatic heterocycles. The van der Waals surface area contributed by atoms with Crippen LogP contribution >= 0.6 is 27.3 Å². The number of hydrogen-bond donors (Lipinski definition) is 0. The van der Waals surface area contributed by atoms with E-state index in [1.54, 1.807) is 0 Å². The van der Waals surface area contributed by atoms with Crippen molar-refractivity contribution in [1.82, 2.24) is 14.7 Å². The van der Waals surface area contributed by atoms with E-state index in [0.29, 0.717) is 0 Å². The first-order chi connectivity index (χ1) is 8.31. The van der Waals surface area contributed by atoms with Crippen LogP contribution < -0.4 is 0 Å². The fourth-order valence-corrected chi connectivity index (χ4v) is 3.00. The van der Waals surface area contributed by atoms with Crippen molar-refractivity contribution in [2.24, 2.45) is 0 Å². The summed E-state index contributed by atoms with van der Waals surface area (Å²) in [5.74, 6) is 0. The van der Waals surface area contributed by atoms with Crippen LogP contribution in [0.4, 0.5) is 0 Å². The largest absolute Gasteiger partial charge is 0.276 e. The number of thiophene rings is 1. The Morgan fingerprint density at radius 3 is 3.00 bits per heavy atom. The van der Waals surface area contributed by atoms with Crippen LogP contribution in [0.1, 0.15) is 17.7 Å². The summed E-state index contributed by atoms with van der Waals surface area (Å²) in [6, 6.07) is 5.08. The van der Waals surface area contributed by atoms with Gasteiger partial charge >= 0.3 is 0 Å². The first kappa shape index (κ1) is 11.4. The lowest BCUT2D eigenvalue weighted by molar-refractivity contribution is 0.190. The Bertz CT molecular complexity index is 476. The van der Waals surface area contributed by atoms with E-state index in [1.807, 2.05) is 28.4 Å². The number of halogens is 1. The molecule has 0 unspecified atom stereocenters. The minimum Gasteiger partial charge on any atom is -0.276 e. The monoisotopic (exact) mass is 311 g/mol. The van der Waals surface area contributed by atoms with Crippen molar-refractivity contribution >= 4 is 27.3 Å². The highest BCUT2D eigenvalue weighted by atomic mass is 79.9. The third-order valence-corrected chi connectivity index (χ3v) is 4.20. The van der Waals surface area contributed by atoms with Gasteiger partial charge in [0.15, 0.2) is 0 Å². The van der Waals surface area contributed by atoms with E-state index >= 15 is 0 Å². The highest BCUT2D eigenvalue weighted by Gasteiger charge is 2.29. The molecule has 0 atom stereocenters. The summed E-state index contributed by atoms with van der Waals surface area (Å²) in [5, 5.41) is 6.47. The van der Waals surface area contributed by atoms with Crippen molar-refractivity contribution in [2.75, 3.05) is 0 Å². The Morgan fingerprint density at radius 1 is 1.53 bits per heavy atom. The molecule has 1 fully saturated rings. The van der Waals surface area contributed by atoms with Crippen molar-refractivity contribution in [1.29, 1.82) is 0 Å². The molecule has 1 aliphatic rings. The Morgan fingerprint density at radius 2 is 2.41 bits per heavy atom. The summed E-state index contributed by atoms with van der Waals surface area (Å²) in [6.45, 7) is 1.92. The van der Waals surface area contributed by atoms with E-state index < -0.39 is 0 Å². The molecule has 0 aromatic carbocycles. The van der Waals surface area contributed by atoms with E-state index in [-0.39, 0.29) is 0 Å². The zero-order valence-electron chi connectivity index (χ0n) is 9.42. The molecule has 1 saturated carbocycles. The second-order valence-corrected chi connectivity index (χ2v) is 6.34. The first-order valence-corrected chi connectivity index (χ1v) is 7.43.